The maximum absolute atomic E-state index is 11.7. The number of carbonyl (C=O) groups is 2. The zero-order chi connectivity index (χ0) is 15.4. The molecule has 1 N–H and O–H groups in total. The SMILES string of the molecule is CC(OC(=O)/C=C/c1ccc(Cl)cc1Cl)C(=O)NC1CC1. The Hall–Kier alpha value is -1.52. The molecule has 0 saturated heterocycles. The van der Waals surface area contributed by atoms with Gasteiger partial charge in [0.05, 0.1) is 0 Å². The first kappa shape index (κ1) is 15.9. The molecule has 1 aromatic carbocycles. The number of nitrogens with one attached hydrogen (secondary N) is 1. The predicted octanol–water partition coefficient (Wildman–Crippen LogP) is 3.22. The lowest BCUT2D eigenvalue weighted by Crippen LogP contribution is -2.36. The minimum Gasteiger partial charge on any atom is -0.449 e. The summed E-state index contributed by atoms with van der Waals surface area (Å²) in [6.45, 7) is 1.54. The first-order valence-electron chi connectivity index (χ1n) is 6.60. The first-order chi connectivity index (χ1) is 9.95. The molecule has 0 aromatic heterocycles. The number of esters is 1. The molecule has 4 nitrogen and oxygen atoms in total. The molecule has 0 spiro atoms. The Morgan fingerprint density at radius 3 is 2.71 bits per heavy atom. The normalized spacial score (nSPS) is 15.8. The van der Waals surface area contributed by atoms with Gasteiger partial charge in [0.25, 0.3) is 5.91 Å². The Morgan fingerprint density at radius 2 is 2.10 bits per heavy atom. The molecule has 1 unspecified atom stereocenters. The van der Waals surface area contributed by atoms with E-state index in [1.54, 1.807) is 25.1 Å². The smallest absolute Gasteiger partial charge is 0.331 e. The van der Waals surface area contributed by atoms with Gasteiger partial charge in [-0.05, 0) is 43.5 Å². The van der Waals surface area contributed by atoms with E-state index in [2.05, 4.69) is 5.32 Å². The molecule has 1 aliphatic carbocycles. The molecule has 0 heterocycles. The molecule has 6 heteroatoms. The molecule has 1 aromatic rings. The second-order valence-corrected chi connectivity index (χ2v) is 5.70. The van der Waals surface area contributed by atoms with Crippen LogP contribution in [0.4, 0.5) is 0 Å². The summed E-state index contributed by atoms with van der Waals surface area (Å²) in [6, 6.07) is 5.18. The summed E-state index contributed by atoms with van der Waals surface area (Å²) in [7, 11) is 0. The van der Waals surface area contributed by atoms with Crippen molar-refractivity contribution in [2.45, 2.75) is 31.9 Å². The van der Waals surface area contributed by atoms with Crippen LogP contribution in [-0.2, 0) is 14.3 Å². The van der Waals surface area contributed by atoms with Gasteiger partial charge in [0.15, 0.2) is 6.10 Å². The molecule has 112 valence electrons. The van der Waals surface area contributed by atoms with Gasteiger partial charge >= 0.3 is 5.97 Å². The van der Waals surface area contributed by atoms with E-state index in [0.29, 0.717) is 15.6 Å². The Kier molecular flexibility index (Phi) is 5.26. The van der Waals surface area contributed by atoms with E-state index in [1.807, 2.05) is 0 Å². The van der Waals surface area contributed by atoms with Crippen molar-refractivity contribution < 1.29 is 14.3 Å². The zero-order valence-electron chi connectivity index (χ0n) is 11.4. The van der Waals surface area contributed by atoms with Crippen molar-refractivity contribution in [2.24, 2.45) is 0 Å². The third-order valence-corrected chi connectivity index (χ3v) is 3.51. The number of hydrogen-bond donors (Lipinski definition) is 1. The van der Waals surface area contributed by atoms with E-state index < -0.39 is 12.1 Å². The summed E-state index contributed by atoms with van der Waals surface area (Å²) in [4.78, 5) is 23.3. The molecule has 1 fully saturated rings. The van der Waals surface area contributed by atoms with Crippen LogP contribution < -0.4 is 5.32 Å². The second kappa shape index (κ2) is 6.96. The lowest BCUT2D eigenvalue weighted by Gasteiger charge is -2.11. The molecule has 1 aliphatic rings. The second-order valence-electron chi connectivity index (χ2n) is 4.86. The van der Waals surface area contributed by atoms with Crippen molar-refractivity contribution in [1.82, 2.24) is 5.32 Å². The molecule has 0 aliphatic heterocycles. The van der Waals surface area contributed by atoms with Crippen LogP contribution in [-0.4, -0.2) is 24.0 Å². The van der Waals surface area contributed by atoms with Crippen molar-refractivity contribution in [3.63, 3.8) is 0 Å². The van der Waals surface area contributed by atoms with E-state index in [4.69, 9.17) is 27.9 Å². The summed E-state index contributed by atoms with van der Waals surface area (Å²) in [6.07, 6.45) is 3.91. The largest absolute Gasteiger partial charge is 0.449 e. The number of benzene rings is 1. The van der Waals surface area contributed by atoms with Crippen LogP contribution in [0.1, 0.15) is 25.3 Å². The molecular weight excluding hydrogens is 313 g/mol. The van der Waals surface area contributed by atoms with Gasteiger partial charge in [0, 0.05) is 22.2 Å². The maximum atomic E-state index is 11.7. The fourth-order valence-electron chi connectivity index (χ4n) is 1.61. The maximum Gasteiger partial charge on any atom is 0.331 e. The number of amides is 1. The van der Waals surface area contributed by atoms with E-state index in [0.717, 1.165) is 12.8 Å². The van der Waals surface area contributed by atoms with E-state index in [1.165, 1.54) is 12.2 Å². The van der Waals surface area contributed by atoms with Crippen LogP contribution in [0.25, 0.3) is 6.08 Å². The molecule has 1 amide bonds. The molecular formula is C15H15Cl2NO3. The van der Waals surface area contributed by atoms with Gasteiger partial charge in [0.2, 0.25) is 0 Å². The minimum absolute atomic E-state index is 0.238. The van der Waals surface area contributed by atoms with Crippen LogP contribution in [0.5, 0.6) is 0 Å². The Bertz CT molecular complexity index is 582. The van der Waals surface area contributed by atoms with Crippen LogP contribution in [0.2, 0.25) is 10.0 Å². The van der Waals surface area contributed by atoms with Crippen molar-refractivity contribution in [1.29, 1.82) is 0 Å². The predicted molar refractivity (Wildman–Crippen MR) is 82.2 cm³/mol. The van der Waals surface area contributed by atoms with Gasteiger partial charge in [-0.2, -0.15) is 0 Å². The highest BCUT2D eigenvalue weighted by atomic mass is 35.5. The molecule has 21 heavy (non-hydrogen) atoms. The van der Waals surface area contributed by atoms with Gasteiger partial charge in [0.1, 0.15) is 0 Å². The minimum atomic E-state index is -0.816. The van der Waals surface area contributed by atoms with Gasteiger partial charge in [-0.3, -0.25) is 4.79 Å². The van der Waals surface area contributed by atoms with Crippen molar-refractivity contribution in [2.75, 3.05) is 0 Å². The zero-order valence-corrected chi connectivity index (χ0v) is 12.9. The number of hydrogen-bond acceptors (Lipinski definition) is 3. The third-order valence-electron chi connectivity index (χ3n) is 2.95. The summed E-state index contributed by atoms with van der Waals surface area (Å²) < 4.78 is 5.02. The fourth-order valence-corrected chi connectivity index (χ4v) is 2.08. The van der Waals surface area contributed by atoms with Crippen LogP contribution in [0.15, 0.2) is 24.3 Å². The quantitative estimate of drug-likeness (QED) is 0.667. The monoisotopic (exact) mass is 327 g/mol. The third kappa shape index (κ3) is 5.06. The van der Waals surface area contributed by atoms with Crippen molar-refractivity contribution in [3.8, 4) is 0 Å². The van der Waals surface area contributed by atoms with Gasteiger partial charge < -0.3 is 10.1 Å². The Balaban J connectivity index is 1.88. The highest BCUT2D eigenvalue weighted by Crippen LogP contribution is 2.22. The number of ether oxygens (including phenoxy) is 1. The molecule has 0 radical (unpaired) electrons. The number of halogens is 2. The van der Waals surface area contributed by atoms with Crippen molar-refractivity contribution >= 4 is 41.2 Å². The molecule has 1 saturated carbocycles. The Labute approximate surface area is 133 Å². The molecule has 2 rings (SSSR count). The average Bonchev–Trinajstić information content (AvgIpc) is 3.21. The lowest BCUT2D eigenvalue weighted by atomic mass is 10.2. The van der Waals surface area contributed by atoms with Crippen LogP contribution in [0.3, 0.4) is 0 Å². The molecule has 0 bridgehead atoms. The highest BCUT2D eigenvalue weighted by molar-refractivity contribution is 6.35. The topological polar surface area (TPSA) is 55.4 Å². The lowest BCUT2D eigenvalue weighted by molar-refractivity contribution is -0.150. The Morgan fingerprint density at radius 1 is 1.38 bits per heavy atom. The number of carbonyl (C=O) groups excluding carboxylic acids is 2. The summed E-state index contributed by atoms with van der Waals surface area (Å²) in [5.74, 6) is -0.872. The summed E-state index contributed by atoms with van der Waals surface area (Å²) >= 11 is 11.8. The fraction of sp³-hybridized carbons (Fsp3) is 0.333. The standard InChI is InChI=1S/C15H15Cl2NO3/c1-9(15(20)18-12-5-6-12)21-14(19)7-3-10-2-4-11(16)8-13(10)17/h2-4,7-9,12H,5-6H2,1H3,(H,18,20)/b7-3+. The van der Waals surface area contributed by atoms with Gasteiger partial charge in [-0.25, -0.2) is 4.79 Å². The van der Waals surface area contributed by atoms with Crippen molar-refractivity contribution in [3.05, 3.63) is 39.9 Å². The highest BCUT2D eigenvalue weighted by Gasteiger charge is 2.26. The van der Waals surface area contributed by atoms with E-state index in [-0.39, 0.29) is 11.9 Å². The molecule has 1 atom stereocenters. The average molecular weight is 328 g/mol. The number of rotatable bonds is 5. The van der Waals surface area contributed by atoms with E-state index in [9.17, 15) is 9.59 Å². The van der Waals surface area contributed by atoms with E-state index >= 15 is 0 Å². The van der Waals surface area contributed by atoms with Gasteiger partial charge in [-0.1, -0.05) is 29.3 Å². The summed E-state index contributed by atoms with van der Waals surface area (Å²) in [5, 5.41) is 3.73. The van der Waals surface area contributed by atoms with Crippen LogP contribution >= 0.6 is 23.2 Å². The van der Waals surface area contributed by atoms with Crippen LogP contribution in [0, 0.1) is 0 Å². The van der Waals surface area contributed by atoms with Gasteiger partial charge in [-0.15, -0.1) is 0 Å². The first-order valence-corrected chi connectivity index (χ1v) is 7.35. The summed E-state index contributed by atoms with van der Waals surface area (Å²) in [5.41, 5.74) is 0.646.